The molecule has 0 bridgehead atoms. The monoisotopic (exact) mass is 430 g/mol. The van der Waals surface area contributed by atoms with Crippen LogP contribution in [-0.2, 0) is 9.59 Å². The van der Waals surface area contributed by atoms with E-state index in [9.17, 15) is 14.4 Å². The Labute approximate surface area is 177 Å². The molecule has 3 amide bonds. The number of anilines is 1. The van der Waals surface area contributed by atoms with Gasteiger partial charge in [-0.25, -0.2) is 4.98 Å². The fraction of sp³-hybridized carbons (Fsp3) is 0.400. The van der Waals surface area contributed by atoms with Crippen molar-refractivity contribution >= 4 is 46.0 Å². The summed E-state index contributed by atoms with van der Waals surface area (Å²) in [5.41, 5.74) is 1.61. The van der Waals surface area contributed by atoms with E-state index in [2.05, 4.69) is 15.6 Å². The van der Waals surface area contributed by atoms with Crippen LogP contribution in [0.5, 0.6) is 0 Å². The minimum absolute atomic E-state index is 0.0600. The summed E-state index contributed by atoms with van der Waals surface area (Å²) >= 11 is 2.91. The van der Waals surface area contributed by atoms with E-state index in [1.807, 2.05) is 32.0 Å². The van der Waals surface area contributed by atoms with Gasteiger partial charge in [0.05, 0.1) is 0 Å². The minimum Gasteiger partial charge on any atom is -0.342 e. The zero-order valence-electron chi connectivity index (χ0n) is 16.1. The Morgan fingerprint density at radius 2 is 2.14 bits per heavy atom. The van der Waals surface area contributed by atoms with Crippen molar-refractivity contribution in [2.45, 2.75) is 37.7 Å². The summed E-state index contributed by atoms with van der Waals surface area (Å²) in [5, 5.41) is 7.81. The zero-order valence-corrected chi connectivity index (χ0v) is 17.8. The number of hydrogen-bond acceptors (Lipinski definition) is 6. The van der Waals surface area contributed by atoms with Crippen LogP contribution in [0.15, 0.2) is 35.8 Å². The van der Waals surface area contributed by atoms with Crippen molar-refractivity contribution in [1.82, 2.24) is 15.2 Å². The van der Waals surface area contributed by atoms with Crippen LogP contribution < -0.4 is 10.6 Å². The summed E-state index contributed by atoms with van der Waals surface area (Å²) in [6, 6.07) is 6.19. The third-order valence-corrected chi connectivity index (χ3v) is 7.44. The normalized spacial score (nSPS) is 22.0. The average Bonchev–Trinajstić information content (AvgIpc) is 3.45. The number of amides is 3. The van der Waals surface area contributed by atoms with E-state index in [0.29, 0.717) is 16.4 Å². The molecule has 0 spiro atoms. The first-order chi connectivity index (χ1) is 14.0. The zero-order chi connectivity index (χ0) is 20.5. The Bertz CT molecular complexity index is 934. The van der Waals surface area contributed by atoms with Crippen LogP contribution in [0.4, 0.5) is 5.13 Å². The summed E-state index contributed by atoms with van der Waals surface area (Å²) in [6.45, 7) is 3.90. The van der Waals surface area contributed by atoms with Crippen LogP contribution in [0, 0.1) is 5.92 Å². The molecule has 1 fully saturated rings. The van der Waals surface area contributed by atoms with Crippen LogP contribution in [0.3, 0.4) is 0 Å². The number of fused-ring (bicyclic) bond motifs is 3. The quantitative estimate of drug-likeness (QED) is 0.735. The van der Waals surface area contributed by atoms with Gasteiger partial charge in [0.1, 0.15) is 17.5 Å². The van der Waals surface area contributed by atoms with E-state index in [-0.39, 0.29) is 29.0 Å². The van der Waals surface area contributed by atoms with Crippen LogP contribution in [0.1, 0.15) is 41.6 Å². The Morgan fingerprint density at radius 3 is 2.86 bits per heavy atom. The van der Waals surface area contributed by atoms with Gasteiger partial charge < -0.3 is 15.5 Å². The molecule has 0 radical (unpaired) electrons. The molecule has 2 aliphatic rings. The van der Waals surface area contributed by atoms with E-state index in [1.165, 1.54) is 11.3 Å². The molecule has 4 rings (SSSR count). The van der Waals surface area contributed by atoms with Crippen molar-refractivity contribution in [2.75, 3.05) is 11.1 Å². The van der Waals surface area contributed by atoms with Crippen LogP contribution in [0.2, 0.25) is 0 Å². The number of carbonyl (C=O) groups is 3. The fourth-order valence-electron chi connectivity index (χ4n) is 3.66. The van der Waals surface area contributed by atoms with Crippen molar-refractivity contribution in [2.24, 2.45) is 5.92 Å². The lowest BCUT2D eigenvalue weighted by atomic mass is 9.98. The third-order valence-electron chi connectivity index (χ3n) is 5.45. The molecule has 9 heteroatoms. The molecule has 4 unspecified atom stereocenters. The summed E-state index contributed by atoms with van der Waals surface area (Å²) < 4.78 is 0. The predicted octanol–water partition coefficient (Wildman–Crippen LogP) is 2.88. The maximum absolute atomic E-state index is 13.1. The van der Waals surface area contributed by atoms with Crippen molar-refractivity contribution in [3.63, 3.8) is 0 Å². The first-order valence-electron chi connectivity index (χ1n) is 9.55. The van der Waals surface area contributed by atoms with E-state index < -0.39 is 12.1 Å². The van der Waals surface area contributed by atoms with E-state index in [4.69, 9.17) is 0 Å². The lowest BCUT2D eigenvalue weighted by molar-refractivity contribution is -0.130. The topological polar surface area (TPSA) is 91.4 Å². The second-order valence-corrected chi connectivity index (χ2v) is 9.21. The molecule has 29 heavy (non-hydrogen) atoms. The van der Waals surface area contributed by atoms with Crippen molar-refractivity contribution < 1.29 is 14.4 Å². The molecule has 1 aromatic carbocycles. The number of nitrogens with one attached hydrogen (secondary N) is 2. The Kier molecular flexibility index (Phi) is 5.60. The molecule has 0 aliphatic carbocycles. The highest BCUT2D eigenvalue weighted by atomic mass is 32.2. The number of carbonyl (C=O) groups excluding carboxylic acids is 3. The number of thioether (sulfide) groups is 1. The van der Waals surface area contributed by atoms with Gasteiger partial charge in [-0.15, -0.1) is 23.1 Å². The minimum atomic E-state index is -0.694. The highest BCUT2D eigenvalue weighted by Crippen LogP contribution is 2.48. The fourth-order valence-corrected chi connectivity index (χ4v) is 5.66. The highest BCUT2D eigenvalue weighted by molar-refractivity contribution is 7.99. The molecule has 2 N–H and O–H groups in total. The van der Waals surface area contributed by atoms with Gasteiger partial charge in [0.2, 0.25) is 11.8 Å². The summed E-state index contributed by atoms with van der Waals surface area (Å²) in [5.74, 6) is -0.252. The molecule has 7 nitrogen and oxygen atoms in total. The Morgan fingerprint density at radius 1 is 1.34 bits per heavy atom. The molecule has 0 saturated carbocycles. The first kappa shape index (κ1) is 19.9. The molecule has 1 saturated heterocycles. The number of aromatic nitrogens is 1. The lowest BCUT2D eigenvalue weighted by Gasteiger charge is -2.27. The van der Waals surface area contributed by atoms with Gasteiger partial charge in [-0.2, -0.15) is 0 Å². The second-order valence-electron chi connectivity index (χ2n) is 7.20. The van der Waals surface area contributed by atoms with Gasteiger partial charge in [-0.05, 0) is 17.5 Å². The molecule has 4 atom stereocenters. The molecule has 3 heterocycles. The summed E-state index contributed by atoms with van der Waals surface area (Å²) in [6.07, 6.45) is 2.34. The van der Waals surface area contributed by atoms with Crippen LogP contribution >= 0.6 is 23.1 Å². The van der Waals surface area contributed by atoms with Crippen molar-refractivity contribution in [3.05, 3.63) is 47.0 Å². The van der Waals surface area contributed by atoms with E-state index >= 15 is 0 Å². The predicted molar refractivity (Wildman–Crippen MR) is 114 cm³/mol. The van der Waals surface area contributed by atoms with Gasteiger partial charge in [-0.1, -0.05) is 38.5 Å². The Balaban J connectivity index is 1.50. The Hall–Kier alpha value is -2.39. The molecular weight excluding hydrogens is 408 g/mol. The second kappa shape index (κ2) is 8.16. The van der Waals surface area contributed by atoms with Gasteiger partial charge in [-0.3, -0.25) is 14.4 Å². The van der Waals surface area contributed by atoms with Crippen molar-refractivity contribution in [1.29, 1.82) is 0 Å². The number of nitrogens with zero attached hydrogens (tertiary/aromatic N) is 2. The SMILES string of the molecule is CCC(C)C(NC(=O)C1CSC2c3ccccc3C(=O)N12)C(=O)Nc1nccs1. The van der Waals surface area contributed by atoms with E-state index in [0.717, 1.165) is 12.0 Å². The maximum Gasteiger partial charge on any atom is 0.256 e. The number of hydrogen-bond donors (Lipinski definition) is 2. The standard InChI is InChI=1S/C20H22N4O3S2/c1-3-11(2)15(17(26)23-20-21-8-9-28-20)22-16(25)14-10-29-19-13-7-5-4-6-12(13)18(27)24(14)19/h4-9,11,14-15,19H,3,10H2,1-2H3,(H,22,25)(H,21,23,26). The maximum atomic E-state index is 13.1. The van der Waals surface area contributed by atoms with Gasteiger partial charge in [0.15, 0.2) is 5.13 Å². The largest absolute Gasteiger partial charge is 0.342 e. The number of rotatable bonds is 6. The van der Waals surface area contributed by atoms with Crippen molar-refractivity contribution in [3.8, 4) is 0 Å². The average molecular weight is 431 g/mol. The number of thiazole rings is 1. The molecular formula is C20H22N4O3S2. The van der Waals surface area contributed by atoms with Gasteiger partial charge in [0, 0.05) is 22.9 Å². The molecule has 2 aliphatic heterocycles. The third kappa shape index (κ3) is 3.64. The molecule has 1 aromatic heterocycles. The van der Waals surface area contributed by atoms with E-state index in [1.54, 1.807) is 34.3 Å². The summed E-state index contributed by atoms with van der Waals surface area (Å²) in [4.78, 5) is 44.5. The van der Waals surface area contributed by atoms with Crippen LogP contribution in [0.25, 0.3) is 0 Å². The van der Waals surface area contributed by atoms with Gasteiger partial charge in [0.25, 0.3) is 5.91 Å². The smallest absolute Gasteiger partial charge is 0.256 e. The van der Waals surface area contributed by atoms with Gasteiger partial charge >= 0.3 is 0 Å². The lowest BCUT2D eigenvalue weighted by Crippen LogP contribution is -2.54. The first-order valence-corrected chi connectivity index (χ1v) is 11.5. The highest BCUT2D eigenvalue weighted by Gasteiger charge is 2.48. The number of benzene rings is 1. The summed E-state index contributed by atoms with van der Waals surface area (Å²) in [7, 11) is 0. The van der Waals surface area contributed by atoms with Crippen LogP contribution in [-0.4, -0.2) is 45.4 Å². The molecule has 152 valence electrons. The molecule has 2 aromatic rings.